The van der Waals surface area contributed by atoms with Crippen molar-refractivity contribution in [2.75, 3.05) is 0 Å². The number of carbonyl (C=O) groups is 1. The molecule has 1 amide bonds. The maximum Gasteiger partial charge on any atom is 0.435 e. The largest absolute Gasteiger partial charge is 0.464 e. The second-order valence-corrected chi connectivity index (χ2v) is 5.83. The van der Waals surface area contributed by atoms with E-state index in [1.807, 2.05) is 13.0 Å². The van der Waals surface area contributed by atoms with Gasteiger partial charge in [-0.15, -0.1) is 0 Å². The zero-order chi connectivity index (χ0) is 18.9. The molecule has 1 atom stereocenters. The van der Waals surface area contributed by atoms with E-state index in [0.717, 1.165) is 16.5 Å². The van der Waals surface area contributed by atoms with Crippen molar-refractivity contribution in [3.8, 4) is 5.69 Å². The second kappa shape index (κ2) is 6.70. The van der Waals surface area contributed by atoms with Gasteiger partial charge in [-0.3, -0.25) is 4.79 Å². The minimum Gasteiger partial charge on any atom is -0.464 e. The van der Waals surface area contributed by atoms with Gasteiger partial charge in [-0.05, 0) is 56.3 Å². The Hall–Kier alpha value is -3.03. The Morgan fingerprint density at radius 3 is 2.38 bits per heavy atom. The van der Waals surface area contributed by atoms with Crippen molar-refractivity contribution < 1.29 is 22.4 Å². The molecule has 0 radical (unpaired) electrons. The van der Waals surface area contributed by atoms with Crippen molar-refractivity contribution >= 4 is 5.91 Å². The highest BCUT2D eigenvalue weighted by molar-refractivity contribution is 5.94. The van der Waals surface area contributed by atoms with Crippen LogP contribution in [0.15, 0.2) is 53.1 Å². The molecular weight excluding hydrogens is 347 g/mol. The number of hydrogen-bond donors (Lipinski definition) is 1. The number of aromatic nitrogens is 2. The molecule has 0 aliphatic heterocycles. The van der Waals surface area contributed by atoms with E-state index in [4.69, 9.17) is 4.42 Å². The predicted molar refractivity (Wildman–Crippen MR) is 87.9 cm³/mol. The van der Waals surface area contributed by atoms with E-state index in [9.17, 15) is 18.0 Å². The number of benzene rings is 1. The fourth-order valence-corrected chi connectivity index (χ4v) is 2.42. The zero-order valence-corrected chi connectivity index (χ0v) is 14.0. The molecule has 136 valence electrons. The third kappa shape index (κ3) is 3.79. The lowest BCUT2D eigenvalue weighted by Crippen LogP contribution is -2.26. The molecule has 2 aromatic heterocycles. The summed E-state index contributed by atoms with van der Waals surface area (Å²) in [6, 6.07) is 10.3. The molecule has 3 rings (SSSR count). The standard InChI is InChI=1S/C18H16F3N3O2/c1-11-3-8-15(26-11)12(2)22-17(25)13-4-6-14(7-5-13)24-10-9-16(23-24)18(19,20)21/h3-10,12H,1-2H3,(H,22,25). The van der Waals surface area contributed by atoms with Crippen LogP contribution in [0.5, 0.6) is 0 Å². The van der Waals surface area contributed by atoms with E-state index < -0.39 is 11.9 Å². The molecule has 1 aromatic carbocycles. The van der Waals surface area contributed by atoms with Gasteiger partial charge < -0.3 is 9.73 Å². The van der Waals surface area contributed by atoms with Gasteiger partial charge in [-0.2, -0.15) is 18.3 Å². The molecule has 8 heteroatoms. The summed E-state index contributed by atoms with van der Waals surface area (Å²) in [6.45, 7) is 3.61. The third-order valence-corrected chi connectivity index (χ3v) is 3.81. The SMILES string of the molecule is Cc1ccc(C(C)NC(=O)c2ccc(-n3ccc(C(F)(F)F)n3)cc2)o1. The highest BCUT2D eigenvalue weighted by Gasteiger charge is 2.33. The van der Waals surface area contributed by atoms with E-state index in [1.54, 1.807) is 13.0 Å². The molecule has 26 heavy (non-hydrogen) atoms. The molecule has 0 spiro atoms. The summed E-state index contributed by atoms with van der Waals surface area (Å²) in [5.41, 5.74) is -0.166. The molecule has 0 saturated heterocycles. The summed E-state index contributed by atoms with van der Waals surface area (Å²) in [5.74, 6) is 1.08. The van der Waals surface area contributed by atoms with E-state index in [0.29, 0.717) is 17.0 Å². The first-order valence-electron chi connectivity index (χ1n) is 7.84. The normalized spacial score (nSPS) is 12.8. The molecule has 0 aliphatic rings. The minimum absolute atomic E-state index is 0.309. The number of furan rings is 1. The third-order valence-electron chi connectivity index (χ3n) is 3.81. The number of nitrogens with zero attached hydrogens (tertiary/aromatic N) is 2. The van der Waals surface area contributed by atoms with Crippen LogP contribution in [0.25, 0.3) is 5.69 Å². The predicted octanol–water partition coefficient (Wildman–Crippen LogP) is 4.28. The smallest absolute Gasteiger partial charge is 0.435 e. The van der Waals surface area contributed by atoms with Crippen LogP contribution in [-0.4, -0.2) is 15.7 Å². The molecule has 5 nitrogen and oxygen atoms in total. The van der Waals surface area contributed by atoms with E-state index in [-0.39, 0.29) is 11.9 Å². The fourth-order valence-electron chi connectivity index (χ4n) is 2.42. The lowest BCUT2D eigenvalue weighted by Gasteiger charge is -2.12. The van der Waals surface area contributed by atoms with Gasteiger partial charge in [-0.25, -0.2) is 4.68 Å². The highest BCUT2D eigenvalue weighted by Crippen LogP contribution is 2.27. The van der Waals surface area contributed by atoms with Crippen molar-refractivity contribution in [1.82, 2.24) is 15.1 Å². The van der Waals surface area contributed by atoms with E-state index in [1.165, 1.54) is 30.5 Å². The van der Waals surface area contributed by atoms with Crippen molar-refractivity contribution in [1.29, 1.82) is 0 Å². The Morgan fingerprint density at radius 2 is 1.85 bits per heavy atom. The van der Waals surface area contributed by atoms with Gasteiger partial charge in [0.1, 0.15) is 11.5 Å². The monoisotopic (exact) mass is 363 g/mol. The number of nitrogens with one attached hydrogen (secondary N) is 1. The van der Waals surface area contributed by atoms with Gasteiger partial charge in [0.05, 0.1) is 11.7 Å². The summed E-state index contributed by atoms with van der Waals surface area (Å²) in [6.07, 6.45) is -3.27. The van der Waals surface area contributed by atoms with Crippen LogP contribution in [-0.2, 0) is 6.18 Å². The van der Waals surface area contributed by atoms with Gasteiger partial charge >= 0.3 is 6.18 Å². The zero-order valence-electron chi connectivity index (χ0n) is 14.0. The summed E-state index contributed by atoms with van der Waals surface area (Å²) >= 11 is 0. The lowest BCUT2D eigenvalue weighted by atomic mass is 10.1. The summed E-state index contributed by atoms with van der Waals surface area (Å²) < 4.78 is 44.4. The maximum atomic E-state index is 12.6. The summed E-state index contributed by atoms with van der Waals surface area (Å²) in [5, 5.41) is 6.30. The van der Waals surface area contributed by atoms with Gasteiger partial charge in [-0.1, -0.05) is 0 Å². The Morgan fingerprint density at radius 1 is 1.15 bits per heavy atom. The van der Waals surface area contributed by atoms with Crippen molar-refractivity contribution in [2.45, 2.75) is 26.1 Å². The van der Waals surface area contributed by atoms with Gasteiger partial charge in [0, 0.05) is 11.8 Å². The molecule has 0 saturated carbocycles. The van der Waals surface area contributed by atoms with Gasteiger partial charge in [0.2, 0.25) is 0 Å². The number of carbonyl (C=O) groups excluding carboxylic acids is 1. The van der Waals surface area contributed by atoms with Gasteiger partial charge in [0.25, 0.3) is 5.91 Å². The number of alkyl halides is 3. The lowest BCUT2D eigenvalue weighted by molar-refractivity contribution is -0.141. The quantitative estimate of drug-likeness (QED) is 0.752. The average molecular weight is 363 g/mol. The van der Waals surface area contributed by atoms with Crippen LogP contribution in [0.3, 0.4) is 0 Å². The number of amides is 1. The first-order chi connectivity index (χ1) is 12.2. The van der Waals surface area contributed by atoms with Crippen LogP contribution in [0, 0.1) is 6.92 Å². The van der Waals surface area contributed by atoms with E-state index in [2.05, 4.69) is 10.4 Å². The topological polar surface area (TPSA) is 60.1 Å². The molecule has 1 N–H and O–H groups in total. The van der Waals surface area contributed by atoms with Crippen molar-refractivity contribution in [2.24, 2.45) is 0 Å². The number of rotatable bonds is 4. The molecule has 3 aromatic rings. The minimum atomic E-state index is -4.49. The van der Waals surface area contributed by atoms with Crippen molar-refractivity contribution in [3.05, 3.63) is 71.4 Å². The molecule has 1 unspecified atom stereocenters. The summed E-state index contributed by atoms with van der Waals surface area (Å²) in [7, 11) is 0. The van der Waals surface area contributed by atoms with E-state index >= 15 is 0 Å². The number of halogens is 3. The van der Waals surface area contributed by atoms with Crippen LogP contribution in [0.2, 0.25) is 0 Å². The van der Waals surface area contributed by atoms with Crippen LogP contribution < -0.4 is 5.32 Å². The highest BCUT2D eigenvalue weighted by atomic mass is 19.4. The summed E-state index contributed by atoms with van der Waals surface area (Å²) in [4.78, 5) is 12.3. The van der Waals surface area contributed by atoms with Gasteiger partial charge in [0.15, 0.2) is 5.69 Å². The average Bonchev–Trinajstić information content (AvgIpc) is 3.23. The fraction of sp³-hybridized carbons (Fsp3) is 0.222. The Labute approximate surface area is 147 Å². The second-order valence-electron chi connectivity index (χ2n) is 5.83. The number of aryl methyl sites for hydroxylation is 1. The Kier molecular flexibility index (Phi) is 4.58. The molecule has 0 fully saturated rings. The molecule has 0 aliphatic carbocycles. The first kappa shape index (κ1) is 17.8. The van der Waals surface area contributed by atoms with Crippen LogP contribution in [0.1, 0.15) is 40.5 Å². The maximum absolute atomic E-state index is 12.6. The Balaban J connectivity index is 1.71. The molecule has 0 bridgehead atoms. The molecule has 2 heterocycles. The number of hydrogen-bond acceptors (Lipinski definition) is 3. The van der Waals surface area contributed by atoms with Crippen LogP contribution in [0.4, 0.5) is 13.2 Å². The van der Waals surface area contributed by atoms with Crippen molar-refractivity contribution in [3.63, 3.8) is 0 Å². The first-order valence-corrected chi connectivity index (χ1v) is 7.84. The van der Waals surface area contributed by atoms with Crippen LogP contribution >= 0.6 is 0 Å². The Bertz CT molecular complexity index is 910. The molecular formula is C18H16F3N3O2.